The molecule has 3 rings (SSSR count). The maximum Gasteiger partial charge on any atom is 0.157 e. The van der Waals surface area contributed by atoms with Crippen molar-refractivity contribution in [3.05, 3.63) is 52.8 Å². The van der Waals surface area contributed by atoms with Crippen molar-refractivity contribution >= 4 is 22.6 Å². The molecule has 0 aliphatic rings. The van der Waals surface area contributed by atoms with Gasteiger partial charge in [0.05, 0.1) is 16.6 Å². The van der Waals surface area contributed by atoms with Gasteiger partial charge in [-0.25, -0.2) is 4.98 Å². The molecule has 1 atom stereocenters. The number of H-pyrrole nitrogens is 1. The highest BCUT2D eigenvalue weighted by molar-refractivity contribution is 6.34. The van der Waals surface area contributed by atoms with Crippen molar-refractivity contribution in [2.24, 2.45) is 5.73 Å². The minimum atomic E-state index is -0.364. The fourth-order valence-corrected chi connectivity index (χ4v) is 2.46. The van der Waals surface area contributed by atoms with E-state index in [1.165, 1.54) is 12.1 Å². The molecule has 1 heterocycles. The Hall–Kier alpha value is -2.24. The molecular weight excluding hydrogens is 290 g/mol. The van der Waals surface area contributed by atoms with E-state index in [0.717, 1.165) is 11.1 Å². The number of hydrogen-bond acceptors (Lipinski definition) is 4. The number of phenols is 2. The Bertz CT molecular complexity index is 801. The highest BCUT2D eigenvalue weighted by Crippen LogP contribution is 2.27. The summed E-state index contributed by atoms with van der Waals surface area (Å²) < 4.78 is 0. The third-order valence-electron chi connectivity index (χ3n) is 3.33. The molecule has 0 spiro atoms. The fraction of sp³-hybridized carbons (Fsp3) is 0.133. The number of aromatic nitrogens is 2. The van der Waals surface area contributed by atoms with Crippen LogP contribution in [0.25, 0.3) is 11.0 Å². The predicted molar refractivity (Wildman–Crippen MR) is 81.5 cm³/mol. The van der Waals surface area contributed by atoms with Crippen molar-refractivity contribution in [1.29, 1.82) is 0 Å². The van der Waals surface area contributed by atoms with Gasteiger partial charge in [-0.15, -0.1) is 0 Å². The first-order chi connectivity index (χ1) is 10.0. The Morgan fingerprint density at radius 3 is 2.71 bits per heavy atom. The molecule has 0 amide bonds. The van der Waals surface area contributed by atoms with E-state index in [4.69, 9.17) is 17.3 Å². The topological polar surface area (TPSA) is 95.2 Å². The molecule has 0 saturated carbocycles. The molecule has 1 aromatic heterocycles. The Labute approximate surface area is 126 Å². The van der Waals surface area contributed by atoms with Gasteiger partial charge < -0.3 is 20.9 Å². The van der Waals surface area contributed by atoms with Crippen LogP contribution in [0.3, 0.4) is 0 Å². The molecule has 1 unspecified atom stereocenters. The lowest BCUT2D eigenvalue weighted by Gasteiger charge is -2.09. The van der Waals surface area contributed by atoms with E-state index < -0.39 is 0 Å². The monoisotopic (exact) mass is 303 g/mol. The van der Waals surface area contributed by atoms with Gasteiger partial charge in [-0.05, 0) is 36.2 Å². The zero-order valence-corrected chi connectivity index (χ0v) is 11.8. The van der Waals surface area contributed by atoms with Gasteiger partial charge in [-0.3, -0.25) is 0 Å². The summed E-state index contributed by atoms with van der Waals surface area (Å²) >= 11 is 6.09. The summed E-state index contributed by atoms with van der Waals surface area (Å²) in [5.74, 6) is 0.320. The first-order valence-corrected chi connectivity index (χ1v) is 6.83. The summed E-state index contributed by atoms with van der Waals surface area (Å²) in [6.07, 6.45) is 0.477. The van der Waals surface area contributed by atoms with Gasteiger partial charge in [0.2, 0.25) is 0 Å². The molecule has 5 nitrogen and oxygen atoms in total. The quantitative estimate of drug-likeness (QED) is 0.559. The zero-order valence-electron chi connectivity index (χ0n) is 11.0. The van der Waals surface area contributed by atoms with Gasteiger partial charge in [0.25, 0.3) is 0 Å². The lowest BCUT2D eigenvalue weighted by Crippen LogP contribution is -2.14. The number of imidazole rings is 1. The second-order valence-corrected chi connectivity index (χ2v) is 5.30. The summed E-state index contributed by atoms with van der Waals surface area (Å²) in [4.78, 5) is 7.57. The fourth-order valence-electron chi connectivity index (χ4n) is 2.24. The number of benzene rings is 2. The molecular formula is C15H14ClN3O2. The number of aromatic amines is 1. The van der Waals surface area contributed by atoms with Crippen molar-refractivity contribution < 1.29 is 10.2 Å². The molecule has 3 aromatic rings. The molecule has 21 heavy (non-hydrogen) atoms. The predicted octanol–water partition coefficient (Wildman–Crippen LogP) is 2.87. The summed E-state index contributed by atoms with van der Waals surface area (Å²) in [6, 6.07) is 9.78. The van der Waals surface area contributed by atoms with Crippen LogP contribution in [-0.4, -0.2) is 20.2 Å². The number of nitrogens with one attached hydrogen (secondary N) is 1. The van der Waals surface area contributed by atoms with Gasteiger partial charge >= 0.3 is 0 Å². The van der Waals surface area contributed by atoms with Gasteiger partial charge in [0.15, 0.2) is 11.5 Å². The van der Waals surface area contributed by atoms with Gasteiger partial charge in [0, 0.05) is 0 Å². The first kappa shape index (κ1) is 13.7. The second kappa shape index (κ2) is 5.27. The molecule has 0 saturated heterocycles. The average Bonchev–Trinajstić information content (AvgIpc) is 2.89. The third kappa shape index (κ3) is 2.66. The molecule has 0 bridgehead atoms. The maximum atomic E-state index is 9.50. The summed E-state index contributed by atoms with van der Waals surface area (Å²) in [7, 11) is 0. The number of fused-ring (bicyclic) bond motifs is 1. The van der Waals surface area contributed by atoms with Crippen LogP contribution in [-0.2, 0) is 6.42 Å². The van der Waals surface area contributed by atoms with Crippen LogP contribution in [0.15, 0.2) is 36.4 Å². The van der Waals surface area contributed by atoms with Crippen LogP contribution in [0.4, 0.5) is 0 Å². The van der Waals surface area contributed by atoms with E-state index in [1.54, 1.807) is 12.1 Å². The minimum absolute atomic E-state index is 0.150. The van der Waals surface area contributed by atoms with E-state index >= 15 is 0 Å². The van der Waals surface area contributed by atoms with Crippen LogP contribution in [0.2, 0.25) is 5.02 Å². The van der Waals surface area contributed by atoms with Gasteiger partial charge in [-0.1, -0.05) is 23.7 Å². The van der Waals surface area contributed by atoms with Crippen LogP contribution >= 0.6 is 11.6 Å². The molecule has 0 aliphatic carbocycles. The highest BCUT2D eigenvalue weighted by atomic mass is 35.5. The number of nitrogens with two attached hydrogens (primary N) is 1. The van der Waals surface area contributed by atoms with Crippen LogP contribution in [0.1, 0.15) is 17.4 Å². The summed E-state index contributed by atoms with van der Waals surface area (Å²) in [6.45, 7) is 0. The number of para-hydroxylation sites is 1. The van der Waals surface area contributed by atoms with Crippen molar-refractivity contribution in [2.45, 2.75) is 12.5 Å². The smallest absolute Gasteiger partial charge is 0.157 e. The lowest BCUT2D eigenvalue weighted by atomic mass is 10.1. The second-order valence-electron chi connectivity index (χ2n) is 4.89. The standard InChI is InChI=1S/C15H14ClN3O2/c16-9-2-1-3-11-14(9)19-15(18-11)10(17)6-8-4-5-12(20)13(21)7-8/h1-5,7,10,20-21H,6,17H2,(H,18,19). The largest absolute Gasteiger partial charge is 0.504 e. The number of nitrogens with zero attached hydrogens (tertiary/aromatic N) is 1. The maximum absolute atomic E-state index is 9.50. The van der Waals surface area contributed by atoms with Crippen molar-refractivity contribution in [3.8, 4) is 11.5 Å². The Balaban J connectivity index is 1.87. The van der Waals surface area contributed by atoms with E-state index in [1.807, 2.05) is 12.1 Å². The molecule has 2 aromatic carbocycles. The molecule has 0 fully saturated rings. The van der Waals surface area contributed by atoms with Crippen LogP contribution in [0.5, 0.6) is 11.5 Å². The summed E-state index contributed by atoms with van der Waals surface area (Å²) in [5.41, 5.74) is 8.49. The highest BCUT2D eigenvalue weighted by Gasteiger charge is 2.14. The van der Waals surface area contributed by atoms with E-state index in [9.17, 15) is 10.2 Å². The van der Waals surface area contributed by atoms with Gasteiger partial charge in [0.1, 0.15) is 11.3 Å². The van der Waals surface area contributed by atoms with Crippen LogP contribution in [0, 0.1) is 0 Å². The van der Waals surface area contributed by atoms with Crippen molar-refractivity contribution in [2.75, 3.05) is 0 Å². The van der Waals surface area contributed by atoms with Gasteiger partial charge in [-0.2, -0.15) is 0 Å². The number of phenolic OH excluding ortho intramolecular Hbond substituents is 2. The SMILES string of the molecule is NC(Cc1ccc(O)c(O)c1)c1nc2c(Cl)cccc2[nH]1. The molecule has 5 N–H and O–H groups in total. The molecule has 0 aliphatic heterocycles. The summed E-state index contributed by atoms with van der Waals surface area (Å²) in [5, 5.41) is 19.4. The third-order valence-corrected chi connectivity index (χ3v) is 3.63. The lowest BCUT2D eigenvalue weighted by molar-refractivity contribution is 0.403. The number of aromatic hydroxyl groups is 2. The molecule has 6 heteroatoms. The molecule has 0 radical (unpaired) electrons. The number of hydrogen-bond donors (Lipinski definition) is 4. The van der Waals surface area contributed by atoms with E-state index in [0.29, 0.717) is 22.8 Å². The van der Waals surface area contributed by atoms with Crippen LogP contribution < -0.4 is 5.73 Å². The average molecular weight is 304 g/mol. The first-order valence-electron chi connectivity index (χ1n) is 6.45. The van der Waals surface area contributed by atoms with Crippen molar-refractivity contribution in [3.63, 3.8) is 0 Å². The zero-order chi connectivity index (χ0) is 15.0. The minimum Gasteiger partial charge on any atom is -0.504 e. The van der Waals surface area contributed by atoms with E-state index in [-0.39, 0.29) is 17.5 Å². The Morgan fingerprint density at radius 1 is 1.19 bits per heavy atom. The molecule has 108 valence electrons. The number of halogens is 1. The Kier molecular flexibility index (Phi) is 3.45. The normalized spacial score (nSPS) is 12.7. The number of rotatable bonds is 3. The van der Waals surface area contributed by atoms with E-state index in [2.05, 4.69) is 9.97 Å². The Morgan fingerprint density at radius 2 is 2.00 bits per heavy atom. The van der Waals surface area contributed by atoms with Crippen molar-refractivity contribution in [1.82, 2.24) is 9.97 Å².